The Balaban J connectivity index is 5.14. The number of carbonyl (C=O) groups excluding carboxylic acids is 4. The molecule has 0 saturated heterocycles. The molecule has 0 bridgehead atoms. The Labute approximate surface area is 517 Å². The van der Waals surface area contributed by atoms with Crippen molar-refractivity contribution in [3.63, 3.8) is 0 Å². The molecular formula is C66H128O17P2. The number of aliphatic hydroxyl groups is 1. The maximum Gasteiger partial charge on any atom is 0.472 e. The average Bonchev–Trinajstić information content (AvgIpc) is 3.56. The van der Waals surface area contributed by atoms with Crippen LogP contribution in [0.2, 0.25) is 0 Å². The third-order valence-corrected chi connectivity index (χ3v) is 17.1. The lowest BCUT2D eigenvalue weighted by Crippen LogP contribution is -2.30. The molecule has 3 N–H and O–H groups in total. The van der Waals surface area contributed by atoms with Gasteiger partial charge in [-0.25, -0.2) is 9.13 Å². The third-order valence-electron chi connectivity index (χ3n) is 15.2. The summed E-state index contributed by atoms with van der Waals surface area (Å²) >= 11 is 0. The van der Waals surface area contributed by atoms with Crippen LogP contribution in [0, 0.1) is 11.8 Å². The summed E-state index contributed by atoms with van der Waals surface area (Å²) in [6.45, 7) is 9.43. The molecule has 0 aliphatic heterocycles. The van der Waals surface area contributed by atoms with Crippen molar-refractivity contribution in [1.82, 2.24) is 0 Å². The zero-order valence-corrected chi connectivity index (χ0v) is 56.7. The Morgan fingerprint density at radius 3 is 0.800 bits per heavy atom. The van der Waals surface area contributed by atoms with Crippen LogP contribution in [0.25, 0.3) is 0 Å². The molecule has 2 unspecified atom stereocenters. The van der Waals surface area contributed by atoms with E-state index in [1.165, 1.54) is 128 Å². The molecule has 0 aromatic heterocycles. The molecule has 17 nitrogen and oxygen atoms in total. The molecule has 0 fully saturated rings. The lowest BCUT2D eigenvalue weighted by atomic mass is 10.0. The number of phosphoric acid groups is 2. The van der Waals surface area contributed by atoms with Crippen molar-refractivity contribution in [3.8, 4) is 0 Å². The van der Waals surface area contributed by atoms with Crippen molar-refractivity contribution < 1.29 is 80.2 Å². The molecule has 0 aromatic carbocycles. The van der Waals surface area contributed by atoms with E-state index in [0.29, 0.717) is 31.6 Å². The van der Waals surface area contributed by atoms with E-state index < -0.39 is 97.5 Å². The fourth-order valence-electron chi connectivity index (χ4n) is 9.88. The molecule has 19 heteroatoms. The van der Waals surface area contributed by atoms with Crippen LogP contribution in [-0.4, -0.2) is 96.7 Å². The van der Waals surface area contributed by atoms with E-state index in [0.717, 1.165) is 115 Å². The summed E-state index contributed by atoms with van der Waals surface area (Å²) in [5, 5.41) is 10.5. The molecular weight excluding hydrogens is 1130 g/mol. The summed E-state index contributed by atoms with van der Waals surface area (Å²) in [6.07, 6.45) is 42.0. The van der Waals surface area contributed by atoms with E-state index in [2.05, 4.69) is 41.5 Å². The minimum absolute atomic E-state index is 0.104. The van der Waals surface area contributed by atoms with Crippen LogP contribution in [-0.2, 0) is 65.4 Å². The number of hydrogen-bond donors (Lipinski definition) is 3. The Kier molecular flexibility index (Phi) is 57.1. The highest BCUT2D eigenvalue weighted by Gasteiger charge is 2.30. The minimum Gasteiger partial charge on any atom is -0.462 e. The predicted octanol–water partition coefficient (Wildman–Crippen LogP) is 18.4. The summed E-state index contributed by atoms with van der Waals surface area (Å²) in [7, 11) is -9.88. The van der Waals surface area contributed by atoms with E-state index >= 15 is 0 Å². The number of carbonyl (C=O) groups is 4. The smallest absolute Gasteiger partial charge is 0.462 e. The summed E-state index contributed by atoms with van der Waals surface area (Å²) in [6, 6.07) is 0. The van der Waals surface area contributed by atoms with Gasteiger partial charge in [0.15, 0.2) is 12.2 Å². The van der Waals surface area contributed by atoms with Crippen molar-refractivity contribution >= 4 is 39.5 Å². The summed E-state index contributed by atoms with van der Waals surface area (Å²) in [5.74, 6) is -0.622. The van der Waals surface area contributed by atoms with Crippen LogP contribution in [0.5, 0.6) is 0 Å². The second-order valence-corrected chi connectivity index (χ2v) is 27.7. The zero-order valence-electron chi connectivity index (χ0n) is 54.9. The maximum atomic E-state index is 13.0. The first-order valence-corrected chi connectivity index (χ1v) is 37.5. The molecule has 0 aliphatic rings. The monoisotopic (exact) mass is 1250 g/mol. The van der Waals surface area contributed by atoms with Gasteiger partial charge in [0.1, 0.15) is 19.3 Å². The molecule has 85 heavy (non-hydrogen) atoms. The van der Waals surface area contributed by atoms with Gasteiger partial charge in [0.2, 0.25) is 0 Å². The molecule has 0 radical (unpaired) electrons. The largest absolute Gasteiger partial charge is 0.472 e. The van der Waals surface area contributed by atoms with Crippen molar-refractivity contribution in [1.29, 1.82) is 0 Å². The van der Waals surface area contributed by atoms with Gasteiger partial charge in [-0.3, -0.25) is 37.3 Å². The first-order valence-electron chi connectivity index (χ1n) is 34.5. The number of aliphatic hydroxyl groups excluding tert-OH is 1. The molecule has 0 aromatic rings. The van der Waals surface area contributed by atoms with E-state index in [-0.39, 0.29) is 25.7 Å². The Hall–Kier alpha value is -1.94. The second-order valence-electron chi connectivity index (χ2n) is 24.8. The summed E-state index contributed by atoms with van der Waals surface area (Å²) in [4.78, 5) is 72.1. The zero-order chi connectivity index (χ0) is 62.9. The maximum absolute atomic E-state index is 13.0. The van der Waals surface area contributed by atoms with Crippen molar-refractivity contribution in [2.75, 3.05) is 39.6 Å². The van der Waals surface area contributed by atoms with Gasteiger partial charge >= 0.3 is 39.5 Å². The van der Waals surface area contributed by atoms with E-state index in [1.54, 1.807) is 0 Å². The Bertz CT molecular complexity index is 1670. The number of rotatable bonds is 65. The molecule has 5 atom stereocenters. The average molecular weight is 1260 g/mol. The topological polar surface area (TPSA) is 237 Å². The number of ether oxygens (including phenoxy) is 4. The normalized spacial score (nSPS) is 14.2. The van der Waals surface area contributed by atoms with Gasteiger partial charge in [0.05, 0.1) is 26.4 Å². The highest BCUT2D eigenvalue weighted by atomic mass is 31.2. The van der Waals surface area contributed by atoms with Crippen LogP contribution < -0.4 is 0 Å². The van der Waals surface area contributed by atoms with Crippen LogP contribution in [0.1, 0.15) is 330 Å². The highest BCUT2D eigenvalue weighted by molar-refractivity contribution is 7.47. The van der Waals surface area contributed by atoms with Crippen LogP contribution in [0.3, 0.4) is 0 Å². The molecule has 0 aliphatic carbocycles. The number of phosphoric ester groups is 2. The van der Waals surface area contributed by atoms with Gasteiger partial charge in [-0.1, -0.05) is 279 Å². The standard InChI is InChI=1S/C66H128O17P2/c1-7-9-11-13-15-30-36-42-48-63(68)76-54-61(82-65(70)50-44-38-31-16-14-12-10-8-2)56-80-84(72,73)78-52-60(67)53-79-85(74,75)81-57-62(55-77-64(69)49-43-37-33-27-29-35-41-47-59(5)6)83-66(71)51-45-39-32-26-24-22-20-18-17-19-21-23-25-28-34-40-46-58(3)4/h58-62,67H,7-57H2,1-6H3,(H,72,73)(H,74,75)/t60-,61+,62+/m0/s1. The molecule has 0 heterocycles. The molecule has 504 valence electrons. The van der Waals surface area contributed by atoms with Crippen LogP contribution >= 0.6 is 15.6 Å². The number of esters is 4. The SMILES string of the molecule is CCCCCCCCCCC(=O)OC[C@H](COP(=O)(O)OC[C@H](O)COP(=O)(O)OC[C@@H](COC(=O)CCCCCCCCCC(C)C)OC(=O)CCCCCCCCCCCCCCCCCCC(C)C)OC(=O)CCCCCCCCCC. The molecule has 0 spiro atoms. The third kappa shape index (κ3) is 60.7. The van der Waals surface area contributed by atoms with Gasteiger partial charge < -0.3 is 33.8 Å². The predicted molar refractivity (Wildman–Crippen MR) is 340 cm³/mol. The Morgan fingerprint density at radius 1 is 0.318 bits per heavy atom. The minimum atomic E-state index is -4.95. The van der Waals surface area contributed by atoms with Crippen molar-refractivity contribution in [2.24, 2.45) is 11.8 Å². The molecule has 0 saturated carbocycles. The lowest BCUT2D eigenvalue weighted by molar-refractivity contribution is -0.161. The number of hydrogen-bond acceptors (Lipinski definition) is 15. The van der Waals surface area contributed by atoms with Gasteiger partial charge in [0, 0.05) is 25.7 Å². The van der Waals surface area contributed by atoms with Gasteiger partial charge in [-0.2, -0.15) is 0 Å². The number of unbranched alkanes of at least 4 members (excludes halogenated alkanes) is 35. The van der Waals surface area contributed by atoms with Crippen molar-refractivity contribution in [3.05, 3.63) is 0 Å². The van der Waals surface area contributed by atoms with Crippen LogP contribution in [0.4, 0.5) is 0 Å². The second kappa shape index (κ2) is 58.4. The van der Waals surface area contributed by atoms with E-state index in [9.17, 15) is 43.2 Å². The van der Waals surface area contributed by atoms with E-state index in [1.807, 2.05) is 0 Å². The van der Waals surface area contributed by atoms with Gasteiger partial charge in [0.25, 0.3) is 0 Å². The van der Waals surface area contributed by atoms with E-state index in [4.69, 9.17) is 37.0 Å². The van der Waals surface area contributed by atoms with Gasteiger partial charge in [-0.05, 0) is 37.5 Å². The fraction of sp³-hybridized carbons (Fsp3) is 0.939. The van der Waals surface area contributed by atoms with Crippen LogP contribution in [0.15, 0.2) is 0 Å². The van der Waals surface area contributed by atoms with Gasteiger partial charge in [-0.15, -0.1) is 0 Å². The highest BCUT2D eigenvalue weighted by Crippen LogP contribution is 2.45. The first kappa shape index (κ1) is 83.1. The molecule has 0 amide bonds. The fourth-order valence-corrected chi connectivity index (χ4v) is 11.5. The first-order chi connectivity index (χ1) is 40.9. The molecule has 0 rings (SSSR count). The summed E-state index contributed by atoms with van der Waals surface area (Å²) < 4.78 is 67.9. The lowest BCUT2D eigenvalue weighted by Gasteiger charge is -2.21. The van der Waals surface area contributed by atoms with Crippen molar-refractivity contribution in [2.45, 2.75) is 349 Å². The Morgan fingerprint density at radius 2 is 0.541 bits per heavy atom. The quantitative estimate of drug-likeness (QED) is 0.0222. The summed E-state index contributed by atoms with van der Waals surface area (Å²) in [5.41, 5.74) is 0.